The van der Waals surface area contributed by atoms with Crippen LogP contribution in [0.15, 0.2) is 4.99 Å². The first kappa shape index (κ1) is 23.4. The van der Waals surface area contributed by atoms with Crippen LogP contribution in [0.5, 0.6) is 0 Å². The highest BCUT2D eigenvalue weighted by molar-refractivity contribution is 14.0. The molecule has 1 rings (SSSR count). The highest BCUT2D eigenvalue weighted by atomic mass is 127. The molecule has 1 heterocycles. The van der Waals surface area contributed by atoms with Crippen LogP contribution >= 0.6 is 24.0 Å². The van der Waals surface area contributed by atoms with Crippen molar-refractivity contribution < 1.29 is 4.79 Å². The van der Waals surface area contributed by atoms with Crippen molar-refractivity contribution in [1.29, 1.82) is 0 Å². The van der Waals surface area contributed by atoms with Gasteiger partial charge >= 0.3 is 0 Å². The van der Waals surface area contributed by atoms with E-state index in [9.17, 15) is 4.79 Å². The van der Waals surface area contributed by atoms with E-state index in [1.165, 1.54) is 0 Å². The highest BCUT2D eigenvalue weighted by Gasteiger charge is 2.28. The van der Waals surface area contributed by atoms with E-state index >= 15 is 0 Å². The topological polar surface area (TPSA) is 51.2 Å². The van der Waals surface area contributed by atoms with E-state index in [4.69, 9.17) is 0 Å². The number of likely N-dealkylation sites (N-methyl/N-ethyl adjacent to an activating group) is 2. The number of likely N-dealkylation sites (tertiary alicyclic amines) is 1. The summed E-state index contributed by atoms with van der Waals surface area (Å²) in [5, 5.41) is 3.49. The van der Waals surface area contributed by atoms with E-state index in [1.807, 2.05) is 0 Å². The molecule has 0 aromatic heterocycles. The van der Waals surface area contributed by atoms with Crippen molar-refractivity contribution in [3.63, 3.8) is 0 Å². The third kappa shape index (κ3) is 7.13. The SMILES string of the molecule is CCC(C)NC(=NCC(=O)N(C)C)N1CCC(N(CC)CC)C1.I. The fourth-order valence-electron chi connectivity index (χ4n) is 2.82. The largest absolute Gasteiger partial charge is 0.354 e. The van der Waals surface area contributed by atoms with Crippen molar-refractivity contribution >= 4 is 35.8 Å². The number of rotatable bonds is 7. The van der Waals surface area contributed by atoms with Crippen molar-refractivity contribution in [1.82, 2.24) is 20.0 Å². The molecule has 0 aliphatic carbocycles. The molecule has 2 atom stereocenters. The second-order valence-electron chi connectivity index (χ2n) is 6.49. The molecule has 0 aromatic rings. The molecule has 0 aromatic carbocycles. The van der Waals surface area contributed by atoms with Gasteiger partial charge in [-0.3, -0.25) is 9.69 Å². The molecular weight excluding hydrogens is 417 g/mol. The first-order valence-electron chi connectivity index (χ1n) is 8.92. The minimum atomic E-state index is 0. The third-order valence-corrected chi connectivity index (χ3v) is 4.64. The van der Waals surface area contributed by atoms with Gasteiger partial charge in [-0.1, -0.05) is 20.8 Å². The van der Waals surface area contributed by atoms with Crippen LogP contribution in [0.2, 0.25) is 0 Å². The Bertz CT molecular complexity index is 398. The first-order chi connectivity index (χ1) is 10.9. The monoisotopic (exact) mass is 453 g/mol. The average Bonchev–Trinajstić information content (AvgIpc) is 3.01. The molecule has 0 radical (unpaired) electrons. The molecule has 2 unspecified atom stereocenters. The van der Waals surface area contributed by atoms with Gasteiger partial charge in [-0.2, -0.15) is 0 Å². The normalized spacial score (nSPS) is 19.2. The van der Waals surface area contributed by atoms with Gasteiger partial charge in [-0.05, 0) is 32.9 Å². The number of aliphatic imine (C=N–C) groups is 1. The molecule has 6 nitrogen and oxygen atoms in total. The Kier molecular flexibility index (Phi) is 11.6. The van der Waals surface area contributed by atoms with E-state index in [1.54, 1.807) is 19.0 Å². The number of guanidine groups is 1. The zero-order valence-corrected chi connectivity index (χ0v) is 18.5. The molecule has 142 valence electrons. The van der Waals surface area contributed by atoms with Crippen LogP contribution in [-0.4, -0.2) is 85.5 Å². The van der Waals surface area contributed by atoms with Crippen molar-refractivity contribution in [3.05, 3.63) is 0 Å². The van der Waals surface area contributed by atoms with Gasteiger partial charge < -0.3 is 15.1 Å². The number of amides is 1. The molecule has 7 heteroatoms. The summed E-state index contributed by atoms with van der Waals surface area (Å²) in [7, 11) is 3.54. The molecule has 1 aliphatic heterocycles. The molecule has 24 heavy (non-hydrogen) atoms. The summed E-state index contributed by atoms with van der Waals surface area (Å²) in [6.07, 6.45) is 2.19. The Balaban J connectivity index is 0.00000529. The molecule has 1 N–H and O–H groups in total. The lowest BCUT2D eigenvalue weighted by molar-refractivity contribution is -0.127. The maximum absolute atomic E-state index is 11.8. The third-order valence-electron chi connectivity index (χ3n) is 4.64. The predicted molar refractivity (Wildman–Crippen MR) is 112 cm³/mol. The Morgan fingerprint density at radius 1 is 1.29 bits per heavy atom. The zero-order chi connectivity index (χ0) is 17.4. The van der Waals surface area contributed by atoms with Crippen molar-refractivity contribution in [2.75, 3.05) is 46.8 Å². The molecule has 0 spiro atoms. The number of carbonyl (C=O) groups is 1. The summed E-state index contributed by atoms with van der Waals surface area (Å²) >= 11 is 0. The van der Waals surface area contributed by atoms with E-state index in [0.29, 0.717) is 12.1 Å². The van der Waals surface area contributed by atoms with Crippen LogP contribution in [-0.2, 0) is 4.79 Å². The maximum Gasteiger partial charge on any atom is 0.243 e. The second kappa shape index (κ2) is 11.9. The Morgan fingerprint density at radius 3 is 2.42 bits per heavy atom. The lowest BCUT2D eigenvalue weighted by Crippen LogP contribution is -2.46. The van der Waals surface area contributed by atoms with E-state index < -0.39 is 0 Å². The van der Waals surface area contributed by atoms with Crippen LogP contribution in [0.4, 0.5) is 0 Å². The molecule has 1 amide bonds. The summed E-state index contributed by atoms with van der Waals surface area (Å²) in [4.78, 5) is 22.8. The van der Waals surface area contributed by atoms with Gasteiger partial charge in [-0.15, -0.1) is 24.0 Å². The van der Waals surface area contributed by atoms with Gasteiger partial charge in [0.2, 0.25) is 5.91 Å². The Hall–Kier alpha value is -0.570. The van der Waals surface area contributed by atoms with Crippen LogP contribution in [0.3, 0.4) is 0 Å². The predicted octanol–water partition coefficient (Wildman–Crippen LogP) is 1.85. The molecule has 1 aliphatic rings. The molecule has 0 bridgehead atoms. The minimum absolute atomic E-state index is 0. The minimum Gasteiger partial charge on any atom is -0.354 e. The van der Waals surface area contributed by atoms with Gasteiger partial charge in [0, 0.05) is 39.3 Å². The van der Waals surface area contributed by atoms with Crippen molar-refractivity contribution in [2.45, 2.75) is 52.6 Å². The zero-order valence-electron chi connectivity index (χ0n) is 16.2. The Morgan fingerprint density at radius 2 is 1.92 bits per heavy atom. The summed E-state index contributed by atoms with van der Waals surface area (Å²) < 4.78 is 0. The second-order valence-corrected chi connectivity index (χ2v) is 6.49. The van der Waals surface area contributed by atoms with Crippen LogP contribution in [0.25, 0.3) is 0 Å². The van der Waals surface area contributed by atoms with Gasteiger partial charge in [0.25, 0.3) is 0 Å². The summed E-state index contributed by atoms with van der Waals surface area (Å²) in [6.45, 7) is 13.1. The van der Waals surface area contributed by atoms with Crippen LogP contribution in [0, 0.1) is 0 Å². The van der Waals surface area contributed by atoms with E-state index in [2.05, 4.69) is 47.8 Å². The van der Waals surface area contributed by atoms with Crippen LogP contribution < -0.4 is 5.32 Å². The summed E-state index contributed by atoms with van der Waals surface area (Å²) in [5.74, 6) is 0.914. The van der Waals surface area contributed by atoms with Gasteiger partial charge in [0.1, 0.15) is 6.54 Å². The van der Waals surface area contributed by atoms with E-state index in [-0.39, 0.29) is 36.4 Å². The molecular formula is C17H36IN5O. The Labute approximate surface area is 165 Å². The number of halogens is 1. The lowest BCUT2D eigenvalue weighted by Gasteiger charge is -2.28. The van der Waals surface area contributed by atoms with Crippen molar-refractivity contribution in [2.24, 2.45) is 4.99 Å². The quantitative estimate of drug-likeness (QED) is 0.363. The molecule has 0 saturated carbocycles. The first-order valence-corrected chi connectivity index (χ1v) is 8.92. The van der Waals surface area contributed by atoms with E-state index in [0.717, 1.165) is 45.0 Å². The number of hydrogen-bond acceptors (Lipinski definition) is 3. The molecule has 1 fully saturated rings. The van der Waals surface area contributed by atoms with Gasteiger partial charge in [0.15, 0.2) is 5.96 Å². The van der Waals surface area contributed by atoms with Crippen LogP contribution in [0.1, 0.15) is 40.5 Å². The smallest absolute Gasteiger partial charge is 0.243 e. The maximum atomic E-state index is 11.8. The summed E-state index contributed by atoms with van der Waals surface area (Å²) in [6, 6.07) is 0.939. The fourth-order valence-corrected chi connectivity index (χ4v) is 2.82. The number of nitrogens with one attached hydrogen (secondary N) is 1. The molecule has 1 saturated heterocycles. The fraction of sp³-hybridized carbons (Fsp3) is 0.882. The standard InChI is InChI=1S/C17H35N5O.HI/c1-7-14(4)19-17(18-12-16(23)20(5)6)22-11-10-15(13-22)21(8-2)9-3;/h14-15H,7-13H2,1-6H3,(H,18,19);1H. The lowest BCUT2D eigenvalue weighted by atomic mass is 10.2. The van der Waals surface area contributed by atoms with Gasteiger partial charge in [0.05, 0.1) is 0 Å². The highest BCUT2D eigenvalue weighted by Crippen LogP contribution is 2.15. The van der Waals surface area contributed by atoms with Crippen molar-refractivity contribution in [3.8, 4) is 0 Å². The number of carbonyl (C=O) groups excluding carboxylic acids is 1. The van der Waals surface area contributed by atoms with Gasteiger partial charge in [-0.25, -0.2) is 4.99 Å². The average molecular weight is 453 g/mol. The summed E-state index contributed by atoms with van der Waals surface area (Å²) in [5.41, 5.74) is 0. The number of nitrogens with zero attached hydrogens (tertiary/aromatic N) is 4. The number of hydrogen-bond donors (Lipinski definition) is 1.